The van der Waals surface area contributed by atoms with Crippen LogP contribution < -0.4 is 0 Å². The van der Waals surface area contributed by atoms with E-state index in [-0.39, 0.29) is 17.9 Å². The SMILES string of the molecule is COC(=O)c1c(C(=O)OC)c2n(c1C)COC(c1ccccc1)=C2. The van der Waals surface area contributed by atoms with Crippen molar-refractivity contribution in [2.45, 2.75) is 13.7 Å². The zero-order chi connectivity index (χ0) is 17.3. The Morgan fingerprint density at radius 2 is 1.67 bits per heavy atom. The van der Waals surface area contributed by atoms with E-state index in [1.54, 1.807) is 17.6 Å². The first-order valence-electron chi connectivity index (χ1n) is 7.38. The summed E-state index contributed by atoms with van der Waals surface area (Å²) in [5, 5.41) is 0. The second-order valence-electron chi connectivity index (χ2n) is 5.28. The number of methoxy groups -OCH3 is 2. The van der Waals surface area contributed by atoms with Crippen LogP contribution in [0.3, 0.4) is 0 Å². The van der Waals surface area contributed by atoms with Crippen LogP contribution in [0, 0.1) is 6.92 Å². The van der Waals surface area contributed by atoms with Crippen LogP contribution in [-0.4, -0.2) is 30.7 Å². The van der Waals surface area contributed by atoms with Crippen molar-refractivity contribution < 1.29 is 23.8 Å². The number of rotatable bonds is 3. The lowest BCUT2D eigenvalue weighted by atomic mass is 10.1. The maximum absolute atomic E-state index is 12.3. The minimum Gasteiger partial charge on any atom is -0.472 e. The summed E-state index contributed by atoms with van der Waals surface area (Å²) in [7, 11) is 2.56. The van der Waals surface area contributed by atoms with Crippen molar-refractivity contribution >= 4 is 23.8 Å². The van der Waals surface area contributed by atoms with Crippen molar-refractivity contribution in [2.24, 2.45) is 0 Å². The molecule has 0 spiro atoms. The van der Waals surface area contributed by atoms with Gasteiger partial charge in [0.15, 0.2) is 6.73 Å². The zero-order valence-corrected chi connectivity index (χ0v) is 13.7. The Balaban J connectivity index is 2.22. The lowest BCUT2D eigenvalue weighted by Gasteiger charge is -2.20. The highest BCUT2D eigenvalue weighted by Gasteiger charge is 2.32. The van der Waals surface area contributed by atoms with Crippen molar-refractivity contribution in [1.82, 2.24) is 4.57 Å². The van der Waals surface area contributed by atoms with Crippen LogP contribution >= 0.6 is 0 Å². The number of ether oxygens (including phenoxy) is 3. The number of esters is 2. The van der Waals surface area contributed by atoms with Crippen LogP contribution in [0.15, 0.2) is 30.3 Å². The fraction of sp³-hybridized carbons (Fsp3) is 0.222. The molecule has 0 N–H and O–H groups in total. The summed E-state index contributed by atoms with van der Waals surface area (Å²) in [6.45, 7) is 1.94. The largest absolute Gasteiger partial charge is 0.472 e. The van der Waals surface area contributed by atoms with E-state index in [1.807, 2.05) is 30.3 Å². The summed E-state index contributed by atoms with van der Waals surface area (Å²) in [6, 6.07) is 9.54. The van der Waals surface area contributed by atoms with Crippen molar-refractivity contribution in [1.29, 1.82) is 0 Å². The molecule has 0 radical (unpaired) electrons. The zero-order valence-electron chi connectivity index (χ0n) is 13.7. The molecule has 6 heteroatoms. The van der Waals surface area contributed by atoms with Gasteiger partial charge >= 0.3 is 11.9 Å². The minimum atomic E-state index is -0.585. The van der Waals surface area contributed by atoms with Crippen LogP contribution in [0.1, 0.15) is 37.7 Å². The van der Waals surface area contributed by atoms with Crippen LogP contribution in [0.4, 0.5) is 0 Å². The van der Waals surface area contributed by atoms with Gasteiger partial charge in [-0.05, 0) is 6.92 Å². The Hall–Kier alpha value is -3.02. The lowest BCUT2D eigenvalue weighted by molar-refractivity contribution is 0.0556. The molecule has 0 bridgehead atoms. The minimum absolute atomic E-state index is 0.193. The van der Waals surface area contributed by atoms with Crippen LogP contribution in [0.2, 0.25) is 0 Å². The second kappa shape index (κ2) is 6.23. The number of carbonyl (C=O) groups excluding carboxylic acids is 2. The number of fused-ring (bicyclic) bond motifs is 1. The molecule has 0 atom stereocenters. The van der Waals surface area contributed by atoms with Gasteiger partial charge in [0.05, 0.1) is 31.0 Å². The van der Waals surface area contributed by atoms with E-state index in [1.165, 1.54) is 14.2 Å². The average molecular weight is 327 g/mol. The summed E-state index contributed by atoms with van der Waals surface area (Å²) in [4.78, 5) is 24.4. The molecule has 1 aliphatic rings. The van der Waals surface area contributed by atoms with E-state index in [0.717, 1.165) is 5.56 Å². The second-order valence-corrected chi connectivity index (χ2v) is 5.28. The van der Waals surface area contributed by atoms with Gasteiger partial charge in [0.25, 0.3) is 0 Å². The molecule has 1 aromatic carbocycles. The molecule has 1 aliphatic heterocycles. The monoisotopic (exact) mass is 327 g/mol. The van der Waals surface area contributed by atoms with E-state index in [2.05, 4.69) is 0 Å². The average Bonchev–Trinajstić information content (AvgIpc) is 2.93. The van der Waals surface area contributed by atoms with Gasteiger partial charge in [-0.1, -0.05) is 30.3 Å². The predicted octanol–water partition coefficient (Wildman–Crippen LogP) is 2.86. The van der Waals surface area contributed by atoms with Crippen molar-refractivity contribution in [3.63, 3.8) is 0 Å². The molecule has 0 saturated heterocycles. The molecule has 2 aromatic rings. The maximum Gasteiger partial charge on any atom is 0.340 e. The number of benzene rings is 1. The maximum atomic E-state index is 12.3. The first kappa shape index (κ1) is 15.9. The quantitative estimate of drug-likeness (QED) is 0.811. The molecule has 0 amide bonds. The molecule has 0 saturated carbocycles. The van der Waals surface area contributed by atoms with Gasteiger partial charge in [-0.25, -0.2) is 9.59 Å². The topological polar surface area (TPSA) is 66.8 Å². The van der Waals surface area contributed by atoms with Crippen molar-refractivity contribution in [3.05, 3.63) is 58.4 Å². The molecule has 6 nitrogen and oxygen atoms in total. The number of carbonyl (C=O) groups is 2. The lowest BCUT2D eigenvalue weighted by Crippen LogP contribution is -2.13. The first-order chi connectivity index (χ1) is 11.6. The van der Waals surface area contributed by atoms with Gasteiger partial charge in [-0.3, -0.25) is 0 Å². The smallest absolute Gasteiger partial charge is 0.340 e. The van der Waals surface area contributed by atoms with E-state index >= 15 is 0 Å². The van der Waals surface area contributed by atoms with Gasteiger partial charge < -0.3 is 18.8 Å². The number of hydrogen-bond acceptors (Lipinski definition) is 5. The van der Waals surface area contributed by atoms with E-state index < -0.39 is 11.9 Å². The van der Waals surface area contributed by atoms with Crippen LogP contribution in [0.5, 0.6) is 0 Å². The van der Waals surface area contributed by atoms with E-state index in [4.69, 9.17) is 14.2 Å². The third kappa shape index (κ3) is 2.46. The van der Waals surface area contributed by atoms with Crippen molar-refractivity contribution in [2.75, 3.05) is 14.2 Å². The Morgan fingerprint density at radius 1 is 1.04 bits per heavy atom. The molecule has 0 aliphatic carbocycles. The predicted molar refractivity (Wildman–Crippen MR) is 87.2 cm³/mol. The fourth-order valence-corrected chi connectivity index (χ4v) is 2.81. The summed E-state index contributed by atoms with van der Waals surface area (Å²) in [6.07, 6.45) is 1.74. The Kier molecular flexibility index (Phi) is 4.12. The molecule has 3 rings (SSSR count). The molecule has 24 heavy (non-hydrogen) atoms. The van der Waals surface area contributed by atoms with Gasteiger partial charge in [-0.15, -0.1) is 0 Å². The van der Waals surface area contributed by atoms with Gasteiger partial charge in [0.2, 0.25) is 0 Å². The summed E-state index contributed by atoms with van der Waals surface area (Å²) < 4.78 is 17.2. The summed E-state index contributed by atoms with van der Waals surface area (Å²) in [5.41, 5.74) is 2.45. The highest BCUT2D eigenvalue weighted by molar-refractivity contribution is 6.07. The molecule has 2 heterocycles. The fourth-order valence-electron chi connectivity index (χ4n) is 2.81. The van der Waals surface area contributed by atoms with E-state index in [0.29, 0.717) is 17.1 Å². The molecule has 0 fully saturated rings. The van der Waals surface area contributed by atoms with Gasteiger partial charge in [0.1, 0.15) is 5.76 Å². The number of aromatic nitrogens is 1. The molecule has 0 unspecified atom stereocenters. The number of nitrogens with zero attached hydrogens (tertiary/aromatic N) is 1. The third-order valence-electron chi connectivity index (χ3n) is 4.02. The van der Waals surface area contributed by atoms with Gasteiger partial charge in [0, 0.05) is 17.3 Å². The molecular weight excluding hydrogens is 310 g/mol. The highest BCUT2D eigenvalue weighted by Crippen LogP contribution is 2.32. The standard InChI is InChI=1S/C18H17NO5/c1-11-15(17(20)22-2)16(18(21)23-3)13-9-14(24-10-19(11)13)12-7-5-4-6-8-12/h4-9H,10H2,1-3H3. The Labute approximate surface area is 139 Å². The van der Waals surface area contributed by atoms with Crippen LogP contribution in [0.25, 0.3) is 11.8 Å². The number of hydrogen-bond donors (Lipinski definition) is 0. The highest BCUT2D eigenvalue weighted by atomic mass is 16.5. The Morgan fingerprint density at radius 3 is 2.29 bits per heavy atom. The third-order valence-corrected chi connectivity index (χ3v) is 4.02. The summed E-state index contributed by atoms with van der Waals surface area (Å²) >= 11 is 0. The summed E-state index contributed by atoms with van der Waals surface area (Å²) in [5.74, 6) is -0.538. The normalized spacial score (nSPS) is 12.7. The van der Waals surface area contributed by atoms with Crippen molar-refractivity contribution in [3.8, 4) is 0 Å². The molecular formula is C18H17NO5. The van der Waals surface area contributed by atoms with E-state index in [9.17, 15) is 9.59 Å². The van der Waals surface area contributed by atoms with Crippen LogP contribution in [-0.2, 0) is 20.9 Å². The van der Waals surface area contributed by atoms with Gasteiger partial charge in [-0.2, -0.15) is 0 Å². The Bertz CT molecular complexity index is 833. The molecule has 1 aromatic heterocycles. The molecule has 124 valence electrons. The first-order valence-corrected chi connectivity index (χ1v) is 7.38.